The predicted octanol–water partition coefficient (Wildman–Crippen LogP) is 4.03. The maximum absolute atomic E-state index is 13.5. The third-order valence-corrected chi connectivity index (χ3v) is 2.83. The van der Waals surface area contributed by atoms with Crippen LogP contribution in [-0.2, 0) is 0 Å². The van der Waals surface area contributed by atoms with Gasteiger partial charge in [0.1, 0.15) is 11.6 Å². The van der Waals surface area contributed by atoms with Crippen molar-refractivity contribution in [3.63, 3.8) is 0 Å². The van der Waals surface area contributed by atoms with Crippen LogP contribution in [0.3, 0.4) is 0 Å². The number of nitrogens with zero attached hydrogens (tertiary/aromatic N) is 2. The van der Waals surface area contributed by atoms with Crippen molar-refractivity contribution >= 4 is 17.1 Å². The summed E-state index contributed by atoms with van der Waals surface area (Å²) in [6.45, 7) is 2.21. The van der Waals surface area contributed by atoms with Crippen molar-refractivity contribution in [2.75, 3.05) is 11.4 Å². The fourth-order valence-electron chi connectivity index (χ4n) is 1.98. The van der Waals surface area contributed by atoms with Crippen LogP contribution in [0.25, 0.3) is 0 Å². The Morgan fingerprint density at radius 1 is 1.10 bits per heavy atom. The van der Waals surface area contributed by atoms with Crippen LogP contribution >= 0.6 is 0 Å². The molecule has 0 aliphatic carbocycles. The monoisotopic (exact) mass is 278 g/mol. The van der Waals surface area contributed by atoms with Gasteiger partial charge in [0.25, 0.3) is 5.69 Å². The molecule has 4 nitrogen and oxygen atoms in total. The standard InChI is InChI=1S/C14H12F2N2O2/c1-2-17(12-5-3-4-10(15)6-12)13-7-11(16)8-14(9-13)18(19)20/h3-9H,2H2,1H3. The van der Waals surface area contributed by atoms with Gasteiger partial charge in [-0.05, 0) is 31.2 Å². The van der Waals surface area contributed by atoms with Crippen LogP contribution in [0.1, 0.15) is 6.92 Å². The van der Waals surface area contributed by atoms with E-state index in [0.29, 0.717) is 17.9 Å². The van der Waals surface area contributed by atoms with E-state index in [9.17, 15) is 18.9 Å². The molecule has 104 valence electrons. The highest BCUT2D eigenvalue weighted by atomic mass is 19.1. The summed E-state index contributed by atoms with van der Waals surface area (Å²) in [4.78, 5) is 11.7. The van der Waals surface area contributed by atoms with Crippen molar-refractivity contribution in [3.05, 3.63) is 64.2 Å². The molecule has 2 aromatic carbocycles. The highest BCUT2D eigenvalue weighted by Crippen LogP contribution is 2.29. The highest BCUT2D eigenvalue weighted by molar-refractivity contribution is 5.65. The second kappa shape index (κ2) is 5.64. The van der Waals surface area contributed by atoms with Gasteiger partial charge in [0.2, 0.25) is 0 Å². The molecule has 0 aromatic heterocycles. The van der Waals surface area contributed by atoms with Gasteiger partial charge in [0.05, 0.1) is 16.7 Å². The molecule has 20 heavy (non-hydrogen) atoms. The molecular weight excluding hydrogens is 266 g/mol. The van der Waals surface area contributed by atoms with Crippen LogP contribution in [-0.4, -0.2) is 11.5 Å². The van der Waals surface area contributed by atoms with Gasteiger partial charge in [-0.1, -0.05) is 6.07 Å². The van der Waals surface area contributed by atoms with Crippen LogP contribution in [0.2, 0.25) is 0 Å². The third kappa shape index (κ3) is 2.90. The molecule has 0 spiro atoms. The van der Waals surface area contributed by atoms with Crippen LogP contribution in [0.15, 0.2) is 42.5 Å². The zero-order chi connectivity index (χ0) is 14.7. The number of nitro benzene ring substituents is 1. The number of hydrogen-bond acceptors (Lipinski definition) is 3. The molecule has 2 aromatic rings. The molecule has 0 amide bonds. The van der Waals surface area contributed by atoms with Crippen molar-refractivity contribution in [1.82, 2.24) is 0 Å². The fourth-order valence-corrected chi connectivity index (χ4v) is 1.98. The number of anilines is 2. The highest BCUT2D eigenvalue weighted by Gasteiger charge is 2.15. The molecule has 0 saturated carbocycles. The summed E-state index contributed by atoms with van der Waals surface area (Å²) >= 11 is 0. The smallest absolute Gasteiger partial charge is 0.274 e. The molecule has 0 radical (unpaired) electrons. The molecule has 2 rings (SSSR count). The van der Waals surface area contributed by atoms with E-state index >= 15 is 0 Å². The lowest BCUT2D eigenvalue weighted by Crippen LogP contribution is -2.16. The average molecular weight is 278 g/mol. The minimum atomic E-state index is -0.705. The molecule has 0 bridgehead atoms. The summed E-state index contributed by atoms with van der Waals surface area (Å²) in [6, 6.07) is 9.07. The predicted molar refractivity (Wildman–Crippen MR) is 72.1 cm³/mol. The number of nitro groups is 1. The molecular formula is C14H12F2N2O2. The number of rotatable bonds is 4. The molecule has 0 fully saturated rings. The first-order valence-electron chi connectivity index (χ1n) is 5.99. The Morgan fingerprint density at radius 3 is 2.40 bits per heavy atom. The van der Waals surface area contributed by atoms with Crippen LogP contribution in [0, 0.1) is 21.7 Å². The Balaban J connectivity index is 2.49. The second-order valence-corrected chi connectivity index (χ2v) is 4.15. The number of non-ortho nitro benzene ring substituents is 1. The molecule has 0 heterocycles. The molecule has 6 heteroatoms. The van der Waals surface area contributed by atoms with Crippen molar-refractivity contribution < 1.29 is 13.7 Å². The molecule has 0 aliphatic heterocycles. The van der Waals surface area contributed by atoms with Crippen LogP contribution in [0.4, 0.5) is 25.8 Å². The summed E-state index contributed by atoms with van der Waals surface area (Å²) in [5.41, 5.74) is 0.479. The van der Waals surface area contributed by atoms with E-state index < -0.39 is 16.6 Å². The molecule has 0 N–H and O–H groups in total. The van der Waals surface area contributed by atoms with E-state index in [1.807, 2.05) is 0 Å². The summed E-state index contributed by atoms with van der Waals surface area (Å²) in [6.07, 6.45) is 0. The average Bonchev–Trinajstić information content (AvgIpc) is 2.39. The number of hydrogen-bond donors (Lipinski definition) is 0. The van der Waals surface area contributed by atoms with E-state index in [2.05, 4.69) is 0 Å². The van der Waals surface area contributed by atoms with Crippen LogP contribution < -0.4 is 4.90 Å². The zero-order valence-corrected chi connectivity index (χ0v) is 10.7. The number of benzene rings is 2. The SMILES string of the molecule is CCN(c1cccc(F)c1)c1cc(F)cc([N+](=O)[O-])c1. The Labute approximate surface area is 114 Å². The quantitative estimate of drug-likeness (QED) is 0.626. The van der Waals surface area contributed by atoms with Gasteiger partial charge in [-0.2, -0.15) is 0 Å². The van der Waals surface area contributed by atoms with Crippen LogP contribution in [0.5, 0.6) is 0 Å². The lowest BCUT2D eigenvalue weighted by Gasteiger charge is -2.23. The summed E-state index contributed by atoms with van der Waals surface area (Å²) in [5.74, 6) is -1.13. The van der Waals surface area contributed by atoms with Crippen molar-refractivity contribution in [2.24, 2.45) is 0 Å². The Bertz CT molecular complexity index is 647. The summed E-state index contributed by atoms with van der Waals surface area (Å²) in [7, 11) is 0. The maximum Gasteiger partial charge on any atom is 0.274 e. The largest absolute Gasteiger partial charge is 0.341 e. The van der Waals surface area contributed by atoms with Gasteiger partial charge >= 0.3 is 0 Å². The van der Waals surface area contributed by atoms with Gasteiger partial charge in [-0.25, -0.2) is 8.78 Å². The Morgan fingerprint density at radius 2 is 1.80 bits per heavy atom. The maximum atomic E-state index is 13.5. The van der Waals surface area contributed by atoms with E-state index in [4.69, 9.17) is 0 Å². The fraction of sp³-hybridized carbons (Fsp3) is 0.143. The first-order valence-corrected chi connectivity index (χ1v) is 5.99. The van der Waals surface area contributed by atoms with E-state index in [1.165, 1.54) is 30.3 Å². The molecule has 0 saturated heterocycles. The van der Waals surface area contributed by atoms with Crippen molar-refractivity contribution in [2.45, 2.75) is 6.92 Å². The summed E-state index contributed by atoms with van der Waals surface area (Å²) in [5, 5.41) is 10.8. The number of halogens is 2. The van der Waals surface area contributed by atoms with Gasteiger partial charge in [-0.15, -0.1) is 0 Å². The van der Waals surface area contributed by atoms with Gasteiger partial charge in [0.15, 0.2) is 0 Å². The summed E-state index contributed by atoms with van der Waals surface area (Å²) < 4.78 is 26.7. The first kappa shape index (κ1) is 13.9. The van der Waals surface area contributed by atoms with E-state index in [-0.39, 0.29) is 5.69 Å². The lowest BCUT2D eigenvalue weighted by molar-refractivity contribution is -0.385. The zero-order valence-electron chi connectivity index (χ0n) is 10.7. The van der Waals surface area contributed by atoms with Gasteiger partial charge in [-0.3, -0.25) is 10.1 Å². The van der Waals surface area contributed by atoms with E-state index in [1.54, 1.807) is 17.9 Å². The molecule has 0 unspecified atom stereocenters. The normalized spacial score (nSPS) is 10.3. The van der Waals surface area contributed by atoms with Crippen molar-refractivity contribution in [1.29, 1.82) is 0 Å². The minimum absolute atomic E-state index is 0.310. The van der Waals surface area contributed by atoms with Gasteiger partial charge in [0, 0.05) is 18.3 Å². The van der Waals surface area contributed by atoms with Crippen molar-refractivity contribution in [3.8, 4) is 0 Å². The topological polar surface area (TPSA) is 46.4 Å². The minimum Gasteiger partial charge on any atom is -0.341 e. The lowest BCUT2D eigenvalue weighted by atomic mass is 10.2. The third-order valence-electron chi connectivity index (χ3n) is 2.83. The first-order chi connectivity index (χ1) is 9.51. The van der Waals surface area contributed by atoms with E-state index in [0.717, 1.165) is 6.07 Å². The molecule has 0 aliphatic rings. The Hall–Kier alpha value is -2.50. The Kier molecular flexibility index (Phi) is 3.93. The second-order valence-electron chi connectivity index (χ2n) is 4.15. The molecule has 0 atom stereocenters. The van der Waals surface area contributed by atoms with Gasteiger partial charge < -0.3 is 4.90 Å².